The highest BCUT2D eigenvalue weighted by atomic mass is 35.5. The van der Waals surface area contributed by atoms with Crippen LogP contribution < -0.4 is 5.73 Å². The molecular weight excluding hydrogens is 216 g/mol. The van der Waals surface area contributed by atoms with Crippen LogP contribution in [0.3, 0.4) is 0 Å². The lowest BCUT2D eigenvalue weighted by molar-refractivity contribution is 0.0948. The smallest absolute Gasteiger partial charge is 0.281 e. The Labute approximate surface area is 90.5 Å². The lowest BCUT2D eigenvalue weighted by atomic mass is 10.2. The van der Waals surface area contributed by atoms with Crippen molar-refractivity contribution < 1.29 is 4.79 Å². The van der Waals surface area contributed by atoms with Gasteiger partial charge < -0.3 is 5.73 Å². The summed E-state index contributed by atoms with van der Waals surface area (Å²) in [6.45, 7) is 0. The fourth-order valence-electron chi connectivity index (χ4n) is 1.15. The lowest BCUT2D eigenvalue weighted by Gasteiger charge is -2.01. The molecule has 0 radical (unpaired) electrons. The Morgan fingerprint density at radius 1 is 1.47 bits per heavy atom. The molecule has 0 atom stereocenters. The summed E-state index contributed by atoms with van der Waals surface area (Å²) in [5.74, 6) is -0.299. The quantitative estimate of drug-likeness (QED) is 0.787. The minimum atomic E-state index is -0.354. The number of benzene rings is 1. The molecule has 0 aliphatic carbocycles. The van der Waals surface area contributed by atoms with Gasteiger partial charge in [-0.05, 0) is 18.2 Å². The van der Waals surface area contributed by atoms with E-state index in [4.69, 9.17) is 17.3 Å². The molecule has 1 aromatic carbocycles. The number of nitrogens with zero attached hydrogens (tertiary/aromatic N) is 3. The van der Waals surface area contributed by atoms with Crippen LogP contribution in [0.4, 0.5) is 5.95 Å². The number of anilines is 1. The van der Waals surface area contributed by atoms with E-state index in [9.17, 15) is 4.79 Å². The zero-order valence-electron chi connectivity index (χ0n) is 7.59. The van der Waals surface area contributed by atoms with E-state index in [2.05, 4.69) is 10.1 Å². The highest BCUT2D eigenvalue weighted by Gasteiger charge is 2.12. The monoisotopic (exact) mass is 222 g/mol. The second kappa shape index (κ2) is 3.70. The van der Waals surface area contributed by atoms with Crippen LogP contribution in [-0.2, 0) is 0 Å². The first kappa shape index (κ1) is 9.67. The maximum absolute atomic E-state index is 11.8. The molecule has 0 spiro atoms. The maximum Gasteiger partial charge on any atom is 0.281 e. The molecule has 0 aliphatic heterocycles. The molecule has 76 valence electrons. The van der Waals surface area contributed by atoms with Crippen LogP contribution in [0.1, 0.15) is 10.4 Å². The number of nitrogen functional groups attached to an aromatic ring is 1. The number of halogens is 1. The standard InChI is InChI=1S/C9H7ClN4O/c10-7-3-1-2-6(4-7)8(15)14-9(11)12-5-13-14/h1-5H,(H2,11,12,13). The third-order valence-electron chi connectivity index (χ3n) is 1.84. The van der Waals surface area contributed by atoms with Gasteiger partial charge in [-0.2, -0.15) is 14.8 Å². The first-order chi connectivity index (χ1) is 7.18. The molecule has 2 aromatic rings. The summed E-state index contributed by atoms with van der Waals surface area (Å²) in [6, 6.07) is 6.55. The van der Waals surface area contributed by atoms with Crippen LogP contribution in [0.2, 0.25) is 5.02 Å². The third kappa shape index (κ3) is 1.82. The van der Waals surface area contributed by atoms with Crippen LogP contribution >= 0.6 is 11.6 Å². The summed E-state index contributed by atoms with van der Waals surface area (Å²) in [6.07, 6.45) is 1.22. The SMILES string of the molecule is Nc1ncnn1C(=O)c1cccc(Cl)c1. The van der Waals surface area contributed by atoms with Crippen molar-refractivity contribution in [2.24, 2.45) is 0 Å². The third-order valence-corrected chi connectivity index (χ3v) is 2.07. The largest absolute Gasteiger partial charge is 0.368 e. The van der Waals surface area contributed by atoms with Gasteiger partial charge in [-0.3, -0.25) is 4.79 Å². The second-order valence-corrected chi connectivity index (χ2v) is 3.28. The summed E-state index contributed by atoms with van der Waals surface area (Å²) in [4.78, 5) is 15.5. The molecule has 15 heavy (non-hydrogen) atoms. The van der Waals surface area contributed by atoms with Crippen LogP contribution in [0.5, 0.6) is 0 Å². The van der Waals surface area contributed by atoms with Crippen LogP contribution in [-0.4, -0.2) is 20.7 Å². The van der Waals surface area contributed by atoms with Gasteiger partial charge in [0.25, 0.3) is 5.91 Å². The van der Waals surface area contributed by atoms with Crippen LogP contribution in [0.25, 0.3) is 0 Å². The van der Waals surface area contributed by atoms with Crippen molar-refractivity contribution in [2.45, 2.75) is 0 Å². The van der Waals surface area contributed by atoms with E-state index in [0.29, 0.717) is 10.6 Å². The first-order valence-corrected chi connectivity index (χ1v) is 4.52. The molecule has 2 N–H and O–H groups in total. The van der Waals surface area contributed by atoms with E-state index >= 15 is 0 Å². The molecule has 5 nitrogen and oxygen atoms in total. The lowest BCUT2D eigenvalue weighted by Crippen LogP contribution is -2.16. The predicted molar refractivity (Wildman–Crippen MR) is 55.6 cm³/mol. The van der Waals surface area contributed by atoms with Crippen molar-refractivity contribution in [3.05, 3.63) is 41.2 Å². The molecule has 1 heterocycles. The van der Waals surface area contributed by atoms with Gasteiger partial charge in [-0.1, -0.05) is 17.7 Å². The summed E-state index contributed by atoms with van der Waals surface area (Å²) in [5, 5.41) is 4.20. The second-order valence-electron chi connectivity index (χ2n) is 2.85. The molecular formula is C9H7ClN4O. The Bertz CT molecular complexity index is 508. The number of hydrogen-bond acceptors (Lipinski definition) is 4. The van der Waals surface area contributed by atoms with E-state index < -0.39 is 0 Å². The maximum atomic E-state index is 11.8. The molecule has 0 bridgehead atoms. The zero-order chi connectivity index (χ0) is 10.8. The molecule has 0 aliphatic rings. The molecule has 0 saturated heterocycles. The minimum absolute atomic E-state index is 0.0555. The number of carbonyl (C=O) groups is 1. The van der Waals surface area contributed by atoms with Crippen molar-refractivity contribution >= 4 is 23.5 Å². The highest BCUT2D eigenvalue weighted by molar-refractivity contribution is 6.31. The van der Waals surface area contributed by atoms with Crippen LogP contribution in [0.15, 0.2) is 30.6 Å². The van der Waals surface area contributed by atoms with Gasteiger partial charge in [-0.15, -0.1) is 0 Å². The summed E-state index contributed by atoms with van der Waals surface area (Å²) in [7, 11) is 0. The number of hydrogen-bond donors (Lipinski definition) is 1. The van der Waals surface area contributed by atoms with Crippen molar-refractivity contribution in [3.63, 3.8) is 0 Å². The van der Waals surface area contributed by atoms with Crippen molar-refractivity contribution in [1.82, 2.24) is 14.8 Å². The molecule has 0 saturated carbocycles. The van der Waals surface area contributed by atoms with Crippen LogP contribution in [0, 0.1) is 0 Å². The van der Waals surface area contributed by atoms with E-state index in [1.807, 2.05) is 0 Å². The average Bonchev–Trinajstić information content (AvgIpc) is 2.63. The summed E-state index contributed by atoms with van der Waals surface area (Å²) >= 11 is 5.76. The molecule has 0 unspecified atom stereocenters. The van der Waals surface area contributed by atoms with Gasteiger partial charge in [0.05, 0.1) is 0 Å². The summed E-state index contributed by atoms with van der Waals surface area (Å²) in [5.41, 5.74) is 5.87. The minimum Gasteiger partial charge on any atom is -0.368 e. The first-order valence-electron chi connectivity index (χ1n) is 4.14. The number of aromatic nitrogens is 3. The van der Waals surface area contributed by atoms with E-state index in [1.165, 1.54) is 6.33 Å². The van der Waals surface area contributed by atoms with Crippen molar-refractivity contribution in [3.8, 4) is 0 Å². The van der Waals surface area contributed by atoms with E-state index in [1.54, 1.807) is 24.3 Å². The Kier molecular flexibility index (Phi) is 2.39. The Hall–Kier alpha value is -1.88. The zero-order valence-corrected chi connectivity index (χ0v) is 8.35. The van der Waals surface area contributed by atoms with Gasteiger partial charge >= 0.3 is 0 Å². The van der Waals surface area contributed by atoms with Gasteiger partial charge in [-0.25, -0.2) is 0 Å². The van der Waals surface area contributed by atoms with E-state index in [-0.39, 0.29) is 11.9 Å². The predicted octanol–water partition coefficient (Wildman–Crippen LogP) is 1.20. The van der Waals surface area contributed by atoms with E-state index in [0.717, 1.165) is 4.68 Å². The fraction of sp³-hybridized carbons (Fsp3) is 0. The van der Waals surface area contributed by atoms with Gasteiger partial charge in [0.2, 0.25) is 5.95 Å². The van der Waals surface area contributed by atoms with Crippen molar-refractivity contribution in [1.29, 1.82) is 0 Å². The molecule has 1 aromatic heterocycles. The normalized spacial score (nSPS) is 10.2. The molecule has 2 rings (SSSR count). The Morgan fingerprint density at radius 3 is 2.87 bits per heavy atom. The Morgan fingerprint density at radius 2 is 2.27 bits per heavy atom. The summed E-state index contributed by atoms with van der Waals surface area (Å²) < 4.78 is 1.02. The number of nitrogens with two attached hydrogens (primary N) is 1. The van der Waals surface area contributed by atoms with Crippen molar-refractivity contribution in [2.75, 3.05) is 5.73 Å². The molecule has 0 amide bonds. The average molecular weight is 223 g/mol. The Balaban J connectivity index is 2.41. The van der Waals surface area contributed by atoms with Gasteiger partial charge in [0.15, 0.2) is 0 Å². The number of rotatable bonds is 1. The number of carbonyl (C=O) groups excluding carboxylic acids is 1. The highest BCUT2D eigenvalue weighted by Crippen LogP contribution is 2.12. The van der Waals surface area contributed by atoms with Gasteiger partial charge in [0, 0.05) is 10.6 Å². The molecule has 6 heteroatoms. The topological polar surface area (TPSA) is 73.8 Å². The van der Waals surface area contributed by atoms with Gasteiger partial charge in [0.1, 0.15) is 6.33 Å². The fourth-order valence-corrected chi connectivity index (χ4v) is 1.34. The molecule has 0 fully saturated rings.